The molecule has 1 aromatic heterocycles. The number of hydrogen-bond acceptors (Lipinski definition) is 8. The van der Waals surface area contributed by atoms with Gasteiger partial charge in [0.1, 0.15) is 5.00 Å². The number of sulfone groups is 1. The minimum Gasteiger partial charge on any atom is -0.465 e. The molecule has 0 spiro atoms. The second-order valence-electron chi connectivity index (χ2n) is 6.91. The van der Waals surface area contributed by atoms with E-state index < -0.39 is 33.6 Å². The number of carbonyl (C=O) groups excluding carboxylic acids is 3. The molecule has 12 heteroatoms. The first kappa shape index (κ1) is 24.0. The minimum atomic E-state index is -3.68. The van der Waals surface area contributed by atoms with Crippen molar-refractivity contribution in [3.63, 3.8) is 0 Å². The molecule has 1 aliphatic rings. The number of ether oxygens (including phenoxy) is 2. The van der Waals surface area contributed by atoms with Gasteiger partial charge in [0.05, 0.1) is 37.0 Å². The largest absolute Gasteiger partial charge is 0.465 e. The van der Waals surface area contributed by atoms with E-state index in [0.29, 0.717) is 23.6 Å². The molecule has 0 atom stereocenters. The predicted octanol–water partition coefficient (Wildman–Crippen LogP) is 3.12. The number of carbonyl (C=O) groups is 3. The number of rotatable bonds is 6. The molecule has 1 aliphatic heterocycles. The van der Waals surface area contributed by atoms with Crippen molar-refractivity contribution in [3.8, 4) is 0 Å². The van der Waals surface area contributed by atoms with Gasteiger partial charge >= 0.3 is 12.1 Å². The van der Waals surface area contributed by atoms with Crippen molar-refractivity contribution in [1.29, 1.82) is 0 Å². The Balaban J connectivity index is 1.75. The van der Waals surface area contributed by atoms with Crippen LogP contribution in [0.15, 0.2) is 29.2 Å². The molecule has 0 saturated carbocycles. The average Bonchev–Trinajstić information content (AvgIpc) is 3.13. The highest BCUT2D eigenvalue weighted by molar-refractivity contribution is 7.91. The number of thiophene rings is 1. The van der Waals surface area contributed by atoms with Gasteiger partial charge in [-0.25, -0.2) is 18.0 Å². The molecule has 0 unspecified atom stereocenters. The summed E-state index contributed by atoms with van der Waals surface area (Å²) in [6, 6.07) is 5.69. The summed E-state index contributed by atoms with van der Waals surface area (Å²) in [5, 5.41) is 3.31. The highest BCUT2D eigenvalue weighted by Crippen LogP contribution is 2.38. The van der Waals surface area contributed by atoms with Crippen molar-refractivity contribution in [1.82, 2.24) is 4.90 Å². The van der Waals surface area contributed by atoms with Crippen LogP contribution in [-0.2, 0) is 37.1 Å². The Morgan fingerprint density at radius 3 is 2.47 bits per heavy atom. The molecule has 2 heterocycles. The Bertz CT molecular complexity index is 1140. The fourth-order valence-electron chi connectivity index (χ4n) is 3.27. The van der Waals surface area contributed by atoms with Crippen LogP contribution in [0.4, 0.5) is 9.80 Å². The molecule has 0 radical (unpaired) electrons. The summed E-state index contributed by atoms with van der Waals surface area (Å²) in [7, 11) is -1.16. The van der Waals surface area contributed by atoms with Crippen molar-refractivity contribution in [2.75, 3.05) is 31.8 Å². The molecule has 2 amide bonds. The summed E-state index contributed by atoms with van der Waals surface area (Å²) in [6.45, 7) is 0.588. The van der Waals surface area contributed by atoms with Crippen LogP contribution in [-0.4, -0.2) is 57.8 Å². The number of anilines is 1. The van der Waals surface area contributed by atoms with Crippen LogP contribution in [0.1, 0.15) is 27.2 Å². The van der Waals surface area contributed by atoms with E-state index in [0.717, 1.165) is 16.2 Å². The molecular formula is C20H21ClN2O7S2. The second-order valence-corrected chi connectivity index (χ2v) is 10.6. The van der Waals surface area contributed by atoms with Crippen molar-refractivity contribution < 1.29 is 32.3 Å². The van der Waals surface area contributed by atoms with Crippen LogP contribution in [0.2, 0.25) is 5.02 Å². The Morgan fingerprint density at radius 1 is 1.16 bits per heavy atom. The molecule has 2 aromatic rings. The number of benzene rings is 1. The van der Waals surface area contributed by atoms with Gasteiger partial charge in [0.15, 0.2) is 9.84 Å². The number of hydrogen-bond donors (Lipinski definition) is 1. The zero-order chi connectivity index (χ0) is 23.5. The Morgan fingerprint density at radius 2 is 1.84 bits per heavy atom. The lowest BCUT2D eigenvalue weighted by Gasteiger charge is -2.25. The van der Waals surface area contributed by atoms with Gasteiger partial charge in [0, 0.05) is 22.9 Å². The summed E-state index contributed by atoms with van der Waals surface area (Å²) in [5.41, 5.74) is 0.928. The average molecular weight is 501 g/mol. The van der Waals surface area contributed by atoms with Crippen LogP contribution >= 0.6 is 22.9 Å². The van der Waals surface area contributed by atoms with Crippen LogP contribution in [0.25, 0.3) is 0 Å². The summed E-state index contributed by atoms with van der Waals surface area (Å²) in [6.07, 6.45) is -0.393. The standard InChI is InChI=1S/C20H21ClN2O7S2/c1-29-19(25)17-14-7-9-23(20(26)30-2)11-15(14)31-18(17)22-16(24)8-10-32(27,28)13-5-3-12(21)4-6-13/h3-6H,7-11H2,1-2H3,(H,22,24). The summed E-state index contributed by atoms with van der Waals surface area (Å²) in [4.78, 5) is 39.0. The van der Waals surface area contributed by atoms with Crippen molar-refractivity contribution in [3.05, 3.63) is 45.3 Å². The van der Waals surface area contributed by atoms with Gasteiger partial charge in [-0.15, -0.1) is 11.3 Å². The molecular weight excluding hydrogens is 480 g/mol. The number of fused-ring (bicyclic) bond motifs is 1. The summed E-state index contributed by atoms with van der Waals surface area (Å²) >= 11 is 6.94. The van der Waals surface area contributed by atoms with Crippen LogP contribution in [0.3, 0.4) is 0 Å². The lowest BCUT2D eigenvalue weighted by molar-refractivity contribution is -0.115. The SMILES string of the molecule is COC(=O)c1c(NC(=O)CCS(=O)(=O)c2ccc(Cl)cc2)sc2c1CCN(C(=O)OC)C2. The Kier molecular flexibility index (Phi) is 7.42. The molecule has 1 N–H and O–H groups in total. The van der Waals surface area contributed by atoms with Gasteiger partial charge in [0.2, 0.25) is 5.91 Å². The van der Waals surface area contributed by atoms with Gasteiger partial charge in [-0.05, 0) is 36.2 Å². The van der Waals surface area contributed by atoms with Crippen molar-refractivity contribution in [2.45, 2.75) is 24.3 Å². The number of amides is 2. The highest BCUT2D eigenvalue weighted by atomic mass is 35.5. The first-order valence-electron chi connectivity index (χ1n) is 9.50. The maximum Gasteiger partial charge on any atom is 0.409 e. The third-order valence-electron chi connectivity index (χ3n) is 4.90. The van der Waals surface area contributed by atoms with E-state index in [-0.39, 0.29) is 28.4 Å². The fraction of sp³-hybridized carbons (Fsp3) is 0.350. The van der Waals surface area contributed by atoms with E-state index in [1.165, 1.54) is 43.4 Å². The molecule has 1 aromatic carbocycles. The number of esters is 1. The zero-order valence-corrected chi connectivity index (χ0v) is 19.7. The van der Waals surface area contributed by atoms with Crippen LogP contribution in [0.5, 0.6) is 0 Å². The number of halogens is 1. The van der Waals surface area contributed by atoms with E-state index in [1.54, 1.807) is 0 Å². The van der Waals surface area contributed by atoms with Gasteiger partial charge in [0.25, 0.3) is 0 Å². The number of methoxy groups -OCH3 is 2. The molecule has 0 fully saturated rings. The van der Waals surface area contributed by atoms with Crippen LogP contribution in [0, 0.1) is 0 Å². The highest BCUT2D eigenvalue weighted by Gasteiger charge is 2.31. The molecule has 0 aliphatic carbocycles. The fourth-order valence-corrected chi connectivity index (χ4v) is 5.90. The smallest absolute Gasteiger partial charge is 0.409 e. The Labute approximate surface area is 194 Å². The van der Waals surface area contributed by atoms with E-state index in [2.05, 4.69) is 5.32 Å². The second kappa shape index (κ2) is 9.88. The van der Waals surface area contributed by atoms with Gasteiger partial charge < -0.3 is 19.7 Å². The summed E-state index contributed by atoms with van der Waals surface area (Å²) < 4.78 is 34.5. The topological polar surface area (TPSA) is 119 Å². The lowest BCUT2D eigenvalue weighted by atomic mass is 10.0. The minimum absolute atomic E-state index is 0.0689. The zero-order valence-electron chi connectivity index (χ0n) is 17.3. The van der Waals surface area contributed by atoms with Gasteiger partial charge in [-0.1, -0.05) is 11.6 Å². The van der Waals surface area contributed by atoms with E-state index >= 15 is 0 Å². The molecule has 3 rings (SSSR count). The van der Waals surface area contributed by atoms with E-state index in [4.69, 9.17) is 21.1 Å². The van der Waals surface area contributed by atoms with E-state index in [9.17, 15) is 22.8 Å². The molecule has 32 heavy (non-hydrogen) atoms. The molecule has 0 saturated heterocycles. The van der Waals surface area contributed by atoms with Gasteiger partial charge in [-0.2, -0.15) is 0 Å². The maximum atomic E-state index is 12.5. The number of nitrogens with zero attached hydrogens (tertiary/aromatic N) is 1. The third-order valence-corrected chi connectivity index (χ3v) is 8.02. The third kappa shape index (κ3) is 5.22. The van der Waals surface area contributed by atoms with E-state index in [1.807, 2.05) is 0 Å². The maximum absolute atomic E-state index is 12.5. The van der Waals surface area contributed by atoms with Gasteiger partial charge in [-0.3, -0.25) is 4.79 Å². The van der Waals surface area contributed by atoms with Crippen LogP contribution < -0.4 is 5.32 Å². The summed E-state index contributed by atoms with van der Waals surface area (Å²) in [5.74, 6) is -1.58. The molecule has 172 valence electrons. The molecule has 0 bridgehead atoms. The molecule has 9 nitrogen and oxygen atoms in total. The normalized spacial score (nSPS) is 13.3. The quantitative estimate of drug-likeness (QED) is 0.605. The first-order chi connectivity index (χ1) is 15.2. The number of nitrogens with one attached hydrogen (secondary N) is 1. The lowest BCUT2D eigenvalue weighted by Crippen LogP contribution is -2.35. The monoisotopic (exact) mass is 500 g/mol. The van der Waals surface area contributed by atoms with Crippen molar-refractivity contribution in [2.24, 2.45) is 0 Å². The Hall–Kier alpha value is -2.63. The van der Waals surface area contributed by atoms with Crippen molar-refractivity contribution >= 4 is 55.7 Å². The predicted molar refractivity (Wildman–Crippen MR) is 119 cm³/mol. The first-order valence-corrected chi connectivity index (χ1v) is 12.3.